The van der Waals surface area contributed by atoms with Gasteiger partial charge in [0.05, 0.1) is 12.4 Å². The summed E-state index contributed by atoms with van der Waals surface area (Å²) in [6.07, 6.45) is 9.41. The molecule has 0 aliphatic carbocycles. The van der Waals surface area contributed by atoms with Crippen molar-refractivity contribution in [1.82, 2.24) is 29.7 Å². The molecule has 1 aliphatic heterocycles. The molecule has 1 saturated heterocycles. The molecule has 5 rings (SSSR count). The van der Waals surface area contributed by atoms with Crippen molar-refractivity contribution in [3.63, 3.8) is 0 Å². The molecule has 9 nitrogen and oxygen atoms in total. The Morgan fingerprint density at radius 3 is 2.84 bits per heavy atom. The summed E-state index contributed by atoms with van der Waals surface area (Å²) in [5.74, 6) is 0.513. The molecule has 164 valence electrons. The zero-order valence-electron chi connectivity index (χ0n) is 18.2. The van der Waals surface area contributed by atoms with Crippen LogP contribution >= 0.6 is 0 Å². The van der Waals surface area contributed by atoms with Crippen LogP contribution in [0.1, 0.15) is 28.8 Å². The van der Waals surface area contributed by atoms with Gasteiger partial charge in [-0.25, -0.2) is 9.50 Å². The largest absolute Gasteiger partial charge is 0.366 e. The summed E-state index contributed by atoms with van der Waals surface area (Å²) in [4.78, 5) is 17.7. The van der Waals surface area contributed by atoms with Gasteiger partial charge >= 0.3 is 0 Å². The summed E-state index contributed by atoms with van der Waals surface area (Å²) in [5.41, 5.74) is 4.78. The predicted molar refractivity (Wildman–Crippen MR) is 124 cm³/mol. The van der Waals surface area contributed by atoms with Gasteiger partial charge in [-0.3, -0.25) is 9.48 Å². The van der Waals surface area contributed by atoms with Crippen LogP contribution in [0.15, 0.2) is 49.1 Å². The van der Waals surface area contributed by atoms with Gasteiger partial charge in [0.2, 0.25) is 0 Å². The average molecular weight is 431 g/mol. The van der Waals surface area contributed by atoms with Crippen LogP contribution in [-0.2, 0) is 7.05 Å². The number of carbonyl (C=O) groups is 1. The van der Waals surface area contributed by atoms with E-state index in [4.69, 9.17) is 0 Å². The highest BCUT2D eigenvalue weighted by Crippen LogP contribution is 2.25. The fourth-order valence-electron chi connectivity index (χ4n) is 4.04. The Hall–Kier alpha value is -3.72. The number of aryl methyl sites for hydroxylation is 2. The van der Waals surface area contributed by atoms with E-state index in [1.54, 1.807) is 15.4 Å². The number of amides is 1. The first-order chi connectivity index (χ1) is 15.6. The van der Waals surface area contributed by atoms with Gasteiger partial charge in [-0.1, -0.05) is 6.07 Å². The Balaban J connectivity index is 1.35. The van der Waals surface area contributed by atoms with Crippen LogP contribution < -0.4 is 16.0 Å². The van der Waals surface area contributed by atoms with Crippen LogP contribution in [0, 0.1) is 6.92 Å². The van der Waals surface area contributed by atoms with E-state index in [1.165, 1.54) is 0 Å². The van der Waals surface area contributed by atoms with Gasteiger partial charge in [0.25, 0.3) is 5.91 Å². The molecule has 0 saturated carbocycles. The van der Waals surface area contributed by atoms with Crippen LogP contribution in [-0.4, -0.2) is 49.4 Å². The lowest BCUT2D eigenvalue weighted by Gasteiger charge is -2.24. The normalized spacial score (nSPS) is 16.2. The van der Waals surface area contributed by atoms with Crippen molar-refractivity contribution in [2.24, 2.45) is 7.05 Å². The third kappa shape index (κ3) is 4.06. The fourth-order valence-corrected chi connectivity index (χ4v) is 4.04. The van der Waals surface area contributed by atoms with Gasteiger partial charge in [-0.05, 0) is 55.6 Å². The fraction of sp³-hybridized carbons (Fsp3) is 0.304. The van der Waals surface area contributed by atoms with Gasteiger partial charge < -0.3 is 16.0 Å². The maximum atomic E-state index is 13.1. The van der Waals surface area contributed by atoms with Crippen molar-refractivity contribution >= 4 is 23.1 Å². The summed E-state index contributed by atoms with van der Waals surface area (Å²) in [7, 11) is 1.89. The Morgan fingerprint density at radius 1 is 1.19 bits per heavy atom. The summed E-state index contributed by atoms with van der Waals surface area (Å²) in [5, 5.41) is 18.4. The van der Waals surface area contributed by atoms with Crippen LogP contribution in [0.4, 0.5) is 11.5 Å². The van der Waals surface area contributed by atoms with E-state index in [2.05, 4.69) is 31.1 Å². The molecule has 1 aliphatic rings. The second kappa shape index (κ2) is 8.43. The maximum Gasteiger partial charge on any atom is 0.261 e. The van der Waals surface area contributed by atoms with Gasteiger partial charge in [0.1, 0.15) is 11.4 Å². The van der Waals surface area contributed by atoms with Gasteiger partial charge in [-0.2, -0.15) is 10.2 Å². The van der Waals surface area contributed by atoms with E-state index in [9.17, 15) is 4.79 Å². The summed E-state index contributed by atoms with van der Waals surface area (Å²) < 4.78 is 3.39. The highest BCUT2D eigenvalue weighted by atomic mass is 16.1. The Bertz CT molecular complexity index is 1270. The standard InChI is InChI=1S/C23H26N8O/c1-15-10-16(17-11-25-30(2)14-17)5-6-20(15)28-23(32)19-13-26-31-9-7-21(29-22(19)31)27-18-4-3-8-24-12-18/h5-7,9-11,13-14,18,24H,3-4,8,12H2,1-2H3,(H,27,29)(H,28,32)/t18-/m1/s1. The van der Waals surface area contributed by atoms with Gasteiger partial charge in [-0.15, -0.1) is 0 Å². The molecule has 3 aromatic heterocycles. The molecule has 32 heavy (non-hydrogen) atoms. The lowest BCUT2D eigenvalue weighted by atomic mass is 10.1. The minimum atomic E-state index is -0.235. The topological polar surface area (TPSA) is 101 Å². The number of benzene rings is 1. The quantitative estimate of drug-likeness (QED) is 0.450. The van der Waals surface area contributed by atoms with Crippen LogP contribution in [0.25, 0.3) is 16.8 Å². The molecule has 4 heterocycles. The third-order valence-electron chi connectivity index (χ3n) is 5.78. The monoisotopic (exact) mass is 430 g/mol. The minimum Gasteiger partial charge on any atom is -0.366 e. The number of anilines is 2. The van der Waals surface area contributed by atoms with E-state index in [-0.39, 0.29) is 5.91 Å². The summed E-state index contributed by atoms with van der Waals surface area (Å²) in [6.45, 7) is 3.94. The number of rotatable bonds is 5. The van der Waals surface area contributed by atoms with Crippen molar-refractivity contribution in [1.29, 1.82) is 0 Å². The Kier molecular flexibility index (Phi) is 5.32. The second-order valence-corrected chi connectivity index (χ2v) is 8.21. The average Bonchev–Trinajstić information content (AvgIpc) is 3.42. The molecule has 1 fully saturated rings. The van der Waals surface area contributed by atoms with E-state index in [1.807, 2.05) is 56.8 Å². The van der Waals surface area contributed by atoms with Gasteiger partial charge in [0, 0.05) is 43.3 Å². The molecule has 3 N–H and O–H groups in total. The van der Waals surface area contributed by atoms with E-state index >= 15 is 0 Å². The first-order valence-electron chi connectivity index (χ1n) is 10.8. The van der Waals surface area contributed by atoms with E-state index in [0.717, 1.165) is 54.1 Å². The Morgan fingerprint density at radius 2 is 2.09 bits per heavy atom. The van der Waals surface area contributed by atoms with Crippen LogP contribution in [0.2, 0.25) is 0 Å². The maximum absolute atomic E-state index is 13.1. The van der Waals surface area contributed by atoms with Crippen molar-refractivity contribution in [2.45, 2.75) is 25.8 Å². The molecule has 1 aromatic carbocycles. The van der Waals surface area contributed by atoms with Crippen molar-refractivity contribution in [3.05, 3.63) is 60.2 Å². The molecular weight excluding hydrogens is 404 g/mol. The number of hydrogen-bond donors (Lipinski definition) is 3. The summed E-state index contributed by atoms with van der Waals surface area (Å²) >= 11 is 0. The smallest absolute Gasteiger partial charge is 0.261 e. The van der Waals surface area contributed by atoms with Gasteiger partial charge in [0.15, 0.2) is 5.65 Å². The second-order valence-electron chi connectivity index (χ2n) is 8.21. The third-order valence-corrected chi connectivity index (χ3v) is 5.78. The first kappa shape index (κ1) is 20.2. The number of hydrogen-bond acceptors (Lipinski definition) is 6. The molecule has 0 unspecified atom stereocenters. The van der Waals surface area contributed by atoms with Crippen LogP contribution in [0.5, 0.6) is 0 Å². The van der Waals surface area contributed by atoms with Crippen molar-refractivity contribution < 1.29 is 4.79 Å². The Labute approximate surface area is 185 Å². The minimum absolute atomic E-state index is 0.235. The lowest BCUT2D eigenvalue weighted by Crippen LogP contribution is -2.38. The predicted octanol–water partition coefficient (Wildman–Crippen LogP) is 2.85. The number of fused-ring (bicyclic) bond motifs is 1. The molecular formula is C23H26N8O. The molecule has 0 spiro atoms. The molecule has 0 bridgehead atoms. The molecule has 1 amide bonds. The highest BCUT2D eigenvalue weighted by Gasteiger charge is 2.18. The number of carbonyl (C=O) groups excluding carboxylic acids is 1. The first-order valence-corrected chi connectivity index (χ1v) is 10.8. The molecule has 4 aromatic rings. The van der Waals surface area contributed by atoms with E-state index in [0.29, 0.717) is 17.3 Å². The van der Waals surface area contributed by atoms with Crippen molar-refractivity contribution in [3.8, 4) is 11.1 Å². The zero-order valence-corrected chi connectivity index (χ0v) is 18.2. The zero-order chi connectivity index (χ0) is 22.1. The molecule has 9 heteroatoms. The summed E-state index contributed by atoms with van der Waals surface area (Å²) in [6, 6.07) is 8.16. The number of piperidine rings is 1. The number of nitrogens with one attached hydrogen (secondary N) is 3. The number of aromatic nitrogens is 5. The highest BCUT2D eigenvalue weighted by molar-refractivity contribution is 6.08. The molecule has 0 radical (unpaired) electrons. The van der Waals surface area contributed by atoms with E-state index < -0.39 is 0 Å². The number of nitrogens with zero attached hydrogens (tertiary/aromatic N) is 5. The van der Waals surface area contributed by atoms with Crippen LogP contribution in [0.3, 0.4) is 0 Å². The lowest BCUT2D eigenvalue weighted by molar-refractivity contribution is 0.102. The molecule has 1 atom stereocenters. The van der Waals surface area contributed by atoms with Crippen molar-refractivity contribution in [2.75, 3.05) is 23.7 Å². The SMILES string of the molecule is Cc1cc(-c2cnn(C)c2)ccc1NC(=O)c1cnn2ccc(N[C@@H]3CCCNC3)nc12.